The highest BCUT2D eigenvalue weighted by Gasteiger charge is 2.29. The van der Waals surface area contributed by atoms with Gasteiger partial charge in [-0.2, -0.15) is 4.31 Å². The van der Waals surface area contributed by atoms with Crippen LogP contribution in [0.25, 0.3) is 11.3 Å². The van der Waals surface area contributed by atoms with Crippen LogP contribution in [0, 0.1) is 0 Å². The third-order valence-corrected chi connectivity index (χ3v) is 8.48. The lowest BCUT2D eigenvalue weighted by Gasteiger charge is -2.17. The van der Waals surface area contributed by atoms with Crippen molar-refractivity contribution >= 4 is 55.6 Å². The molecular weight excluding hydrogens is 493 g/mol. The first-order chi connectivity index (χ1) is 15.3. The Kier molecular flexibility index (Phi) is 6.73. The number of benzene rings is 2. The number of hydrogen-bond acceptors (Lipinski definition) is 6. The van der Waals surface area contributed by atoms with Crippen LogP contribution in [0.1, 0.15) is 23.2 Å². The molecule has 0 radical (unpaired) electrons. The quantitative estimate of drug-likeness (QED) is 0.493. The normalized spacial score (nSPS) is 14.5. The van der Waals surface area contributed by atoms with Gasteiger partial charge in [0.1, 0.15) is 10.6 Å². The minimum atomic E-state index is -3.75. The second-order valence-corrected chi connectivity index (χ2v) is 10.7. The molecule has 32 heavy (non-hydrogen) atoms. The monoisotopic (exact) mass is 511 g/mol. The number of carbonyl (C=O) groups is 1. The van der Waals surface area contributed by atoms with Gasteiger partial charge in [0.15, 0.2) is 5.13 Å². The first-order valence-corrected chi connectivity index (χ1v) is 12.8. The Morgan fingerprint density at radius 2 is 1.88 bits per heavy atom. The van der Waals surface area contributed by atoms with Gasteiger partial charge < -0.3 is 4.74 Å². The summed E-state index contributed by atoms with van der Waals surface area (Å²) in [4.78, 5) is 17.1. The topological polar surface area (TPSA) is 88.6 Å². The standard InChI is InChI=1S/C21H19Cl2N3O4S2/c1-30-18-7-5-13(10-16(18)23)17-12-31-21(24-17)25-20(27)14-4-6-15(22)19(11-14)32(28,29)26-8-2-3-9-26/h4-7,10-12H,2-3,8-9H2,1H3,(H,24,25,27). The van der Waals surface area contributed by atoms with Gasteiger partial charge in [0, 0.05) is 29.6 Å². The Morgan fingerprint density at radius 3 is 2.56 bits per heavy atom. The van der Waals surface area contributed by atoms with Gasteiger partial charge in [-0.1, -0.05) is 23.2 Å². The fourth-order valence-electron chi connectivity index (χ4n) is 3.37. The predicted octanol–water partition coefficient (Wildman–Crippen LogP) is 5.16. The molecule has 1 aromatic heterocycles. The van der Waals surface area contributed by atoms with Gasteiger partial charge in [-0.3, -0.25) is 10.1 Å². The van der Waals surface area contributed by atoms with E-state index in [0.29, 0.717) is 34.7 Å². The van der Waals surface area contributed by atoms with Crippen LogP contribution < -0.4 is 10.1 Å². The molecule has 0 atom stereocenters. The maximum absolute atomic E-state index is 12.9. The summed E-state index contributed by atoms with van der Waals surface area (Å²) in [5.41, 5.74) is 1.60. The summed E-state index contributed by atoms with van der Waals surface area (Å²) in [6.45, 7) is 0.901. The van der Waals surface area contributed by atoms with Crippen LogP contribution in [0.15, 0.2) is 46.7 Å². The number of anilines is 1. The van der Waals surface area contributed by atoms with Crippen LogP contribution in [0.2, 0.25) is 10.0 Å². The van der Waals surface area contributed by atoms with Crippen LogP contribution in [0.5, 0.6) is 5.75 Å². The fourth-order valence-corrected chi connectivity index (χ4v) is 6.36. The molecule has 0 spiro atoms. The molecule has 0 unspecified atom stereocenters. The van der Waals surface area contributed by atoms with E-state index in [4.69, 9.17) is 27.9 Å². The Morgan fingerprint density at radius 1 is 1.12 bits per heavy atom. The highest BCUT2D eigenvalue weighted by molar-refractivity contribution is 7.89. The van der Waals surface area contributed by atoms with Crippen molar-refractivity contribution in [2.75, 3.05) is 25.5 Å². The number of carbonyl (C=O) groups excluding carboxylic acids is 1. The summed E-state index contributed by atoms with van der Waals surface area (Å²) in [5.74, 6) is 0.0785. The van der Waals surface area contributed by atoms with E-state index in [9.17, 15) is 13.2 Å². The van der Waals surface area contributed by atoms with Gasteiger partial charge >= 0.3 is 0 Å². The van der Waals surface area contributed by atoms with Crippen molar-refractivity contribution in [3.05, 3.63) is 57.4 Å². The molecule has 11 heteroatoms. The number of amides is 1. The van der Waals surface area contributed by atoms with Gasteiger partial charge in [-0.25, -0.2) is 13.4 Å². The molecule has 1 N–H and O–H groups in total. The third-order valence-electron chi connectivity index (χ3n) is 5.05. The lowest BCUT2D eigenvalue weighted by molar-refractivity contribution is 0.102. The van der Waals surface area contributed by atoms with Crippen LogP contribution in [-0.2, 0) is 10.0 Å². The summed E-state index contributed by atoms with van der Waals surface area (Å²) >= 11 is 13.6. The zero-order valence-electron chi connectivity index (χ0n) is 17.0. The van der Waals surface area contributed by atoms with Crippen molar-refractivity contribution in [2.24, 2.45) is 0 Å². The maximum Gasteiger partial charge on any atom is 0.257 e. The molecule has 1 fully saturated rings. The average Bonchev–Trinajstić information content (AvgIpc) is 3.46. The number of thiazole rings is 1. The number of nitrogens with one attached hydrogen (secondary N) is 1. The van der Waals surface area contributed by atoms with E-state index < -0.39 is 15.9 Å². The number of hydrogen-bond donors (Lipinski definition) is 1. The van der Waals surface area contributed by atoms with Crippen LogP contribution in [0.4, 0.5) is 5.13 Å². The van der Waals surface area contributed by atoms with Crippen molar-refractivity contribution < 1.29 is 17.9 Å². The number of aromatic nitrogens is 1. The van der Waals surface area contributed by atoms with Crippen LogP contribution in [0.3, 0.4) is 0 Å². The largest absolute Gasteiger partial charge is 0.495 e. The summed E-state index contributed by atoms with van der Waals surface area (Å²) in [7, 11) is -2.22. The molecule has 0 aliphatic carbocycles. The highest BCUT2D eigenvalue weighted by Crippen LogP contribution is 2.32. The Balaban J connectivity index is 1.54. The molecule has 1 aliphatic rings. The first-order valence-electron chi connectivity index (χ1n) is 9.70. The molecular formula is C21H19Cl2N3O4S2. The van der Waals surface area contributed by atoms with E-state index >= 15 is 0 Å². The van der Waals surface area contributed by atoms with Gasteiger partial charge in [0.25, 0.3) is 5.91 Å². The minimum Gasteiger partial charge on any atom is -0.495 e. The summed E-state index contributed by atoms with van der Waals surface area (Å²) in [5, 5.41) is 5.41. The molecule has 0 bridgehead atoms. The number of sulfonamides is 1. The lowest BCUT2D eigenvalue weighted by atomic mass is 10.2. The molecule has 1 amide bonds. The minimum absolute atomic E-state index is 0.0681. The smallest absolute Gasteiger partial charge is 0.257 e. The van der Waals surface area contributed by atoms with E-state index in [2.05, 4.69) is 10.3 Å². The lowest BCUT2D eigenvalue weighted by Crippen LogP contribution is -2.28. The van der Waals surface area contributed by atoms with Crippen LogP contribution in [-0.4, -0.2) is 43.8 Å². The number of nitrogens with zero attached hydrogens (tertiary/aromatic N) is 2. The van der Waals surface area contributed by atoms with Gasteiger partial charge in [-0.05, 0) is 49.2 Å². The second-order valence-electron chi connectivity index (χ2n) is 7.10. The Hall–Kier alpha value is -2.17. The van der Waals surface area contributed by atoms with Crippen molar-refractivity contribution in [1.29, 1.82) is 0 Å². The van der Waals surface area contributed by atoms with Gasteiger partial charge in [-0.15, -0.1) is 11.3 Å². The number of ether oxygens (including phenoxy) is 1. The third kappa shape index (κ3) is 4.62. The number of rotatable bonds is 6. The predicted molar refractivity (Wildman–Crippen MR) is 127 cm³/mol. The number of halogens is 2. The van der Waals surface area contributed by atoms with E-state index in [1.54, 1.807) is 17.5 Å². The molecule has 3 aromatic rings. The maximum atomic E-state index is 12.9. The molecule has 0 saturated carbocycles. The van der Waals surface area contributed by atoms with Crippen molar-refractivity contribution in [3.8, 4) is 17.0 Å². The van der Waals surface area contributed by atoms with Gasteiger partial charge in [0.2, 0.25) is 10.0 Å². The van der Waals surface area contributed by atoms with Gasteiger partial charge in [0.05, 0.1) is 22.8 Å². The molecule has 7 nitrogen and oxygen atoms in total. The Labute approximate surface area is 200 Å². The van der Waals surface area contributed by atoms with E-state index in [0.717, 1.165) is 18.4 Å². The Bertz CT molecular complexity index is 1270. The second kappa shape index (κ2) is 9.36. The van der Waals surface area contributed by atoms with E-state index in [-0.39, 0.29) is 15.5 Å². The van der Waals surface area contributed by atoms with Crippen molar-refractivity contribution in [3.63, 3.8) is 0 Å². The molecule has 168 valence electrons. The average molecular weight is 512 g/mol. The van der Waals surface area contributed by atoms with E-state index in [1.165, 1.54) is 41.0 Å². The summed E-state index contributed by atoms with van der Waals surface area (Å²) < 4.78 is 32.4. The van der Waals surface area contributed by atoms with Crippen molar-refractivity contribution in [2.45, 2.75) is 17.7 Å². The molecule has 1 saturated heterocycles. The molecule has 4 rings (SSSR count). The zero-order chi connectivity index (χ0) is 22.9. The number of methoxy groups -OCH3 is 1. The zero-order valence-corrected chi connectivity index (χ0v) is 20.1. The first kappa shape index (κ1) is 23.0. The molecule has 2 aromatic carbocycles. The SMILES string of the molecule is COc1ccc(-c2csc(NC(=O)c3ccc(Cl)c(S(=O)(=O)N4CCCC4)c3)n2)cc1Cl. The van der Waals surface area contributed by atoms with E-state index in [1.807, 2.05) is 6.07 Å². The molecule has 2 heterocycles. The van der Waals surface area contributed by atoms with Crippen LogP contribution >= 0.6 is 34.5 Å². The van der Waals surface area contributed by atoms with Crippen molar-refractivity contribution in [1.82, 2.24) is 9.29 Å². The summed E-state index contributed by atoms with van der Waals surface area (Å²) in [6.07, 6.45) is 1.62. The fraction of sp³-hybridized carbons (Fsp3) is 0.238. The highest BCUT2D eigenvalue weighted by atomic mass is 35.5. The summed E-state index contributed by atoms with van der Waals surface area (Å²) in [6, 6.07) is 9.51. The molecule has 1 aliphatic heterocycles.